The molecule has 0 spiro atoms. The normalized spacial score (nSPS) is 13.5. The number of halogens is 3. The number of nitrogens with zero attached hydrogens (tertiary/aromatic N) is 2. The number of hydrogen-bond acceptors (Lipinski definition) is 7. The Morgan fingerprint density at radius 3 is 2.36 bits per heavy atom. The second-order valence-electron chi connectivity index (χ2n) is 9.30. The summed E-state index contributed by atoms with van der Waals surface area (Å²) in [5.74, 6) is 4.12. The first kappa shape index (κ1) is 30.3. The van der Waals surface area contributed by atoms with Crippen molar-refractivity contribution in [2.45, 2.75) is 24.0 Å². The molecule has 0 saturated heterocycles. The molecule has 0 fully saturated rings. The third kappa shape index (κ3) is 7.96. The van der Waals surface area contributed by atoms with Gasteiger partial charge in [0.05, 0.1) is 21.9 Å². The van der Waals surface area contributed by atoms with Crippen molar-refractivity contribution in [3.63, 3.8) is 0 Å². The van der Waals surface area contributed by atoms with Gasteiger partial charge >= 0.3 is 12.2 Å². The molecule has 0 radical (unpaired) electrons. The second kappa shape index (κ2) is 12.5. The average Bonchev–Trinajstić information content (AvgIpc) is 2.93. The van der Waals surface area contributed by atoms with E-state index >= 15 is 0 Å². The van der Waals surface area contributed by atoms with E-state index in [1.165, 1.54) is 12.1 Å². The predicted molar refractivity (Wildman–Crippen MR) is 159 cm³/mol. The van der Waals surface area contributed by atoms with Gasteiger partial charge in [-0.3, -0.25) is 5.14 Å². The number of nitrogens with two attached hydrogens (primary N) is 1. The van der Waals surface area contributed by atoms with Gasteiger partial charge in [0.2, 0.25) is 5.95 Å². The zero-order valence-corrected chi connectivity index (χ0v) is 23.1. The molecule has 0 bridgehead atoms. The number of urea groups is 1. The number of nitrogens with one attached hydrogen (secondary N) is 4. The highest BCUT2D eigenvalue weighted by Crippen LogP contribution is 2.31. The standard InChI is InChI=1S/C28H28F3N7O3S/c1-17(16-39)34-25-24(15-33-26(38-25)35-22-7-4-8-23(14-22)42(2,32)41)18-9-11-20(12-10-18)36-27(40)37-21-6-3-5-19(13-21)28(29,30)31/h3-15,17,39H,2,16H2,1H3,(H2,32,41)(H2,36,37,40)(H2,33,34,35,38)/t17-,42?/m1/s1. The predicted octanol–water partition coefficient (Wildman–Crippen LogP) is 5.29. The average molecular weight is 600 g/mol. The van der Waals surface area contributed by atoms with Crippen LogP contribution in [0.3, 0.4) is 0 Å². The number of anilines is 5. The van der Waals surface area contributed by atoms with Crippen LogP contribution >= 0.6 is 0 Å². The van der Waals surface area contributed by atoms with Crippen molar-refractivity contribution in [1.82, 2.24) is 9.97 Å². The summed E-state index contributed by atoms with van der Waals surface area (Å²) >= 11 is 0. The Morgan fingerprint density at radius 2 is 1.69 bits per heavy atom. The molecule has 0 saturated carbocycles. The molecular formula is C28H28F3N7O3S. The number of aliphatic hydroxyl groups excluding tert-OH is 1. The molecule has 220 valence electrons. The van der Waals surface area contributed by atoms with Gasteiger partial charge in [0.1, 0.15) is 5.82 Å². The number of aliphatic hydroxyl groups is 1. The highest BCUT2D eigenvalue weighted by molar-refractivity contribution is 7.98. The summed E-state index contributed by atoms with van der Waals surface area (Å²) in [6.07, 6.45) is -2.96. The van der Waals surface area contributed by atoms with Crippen LogP contribution in [0, 0.1) is 0 Å². The number of amides is 2. The molecule has 1 aromatic heterocycles. The van der Waals surface area contributed by atoms with Gasteiger partial charge in [-0.05, 0) is 66.9 Å². The number of rotatable bonds is 9. The van der Waals surface area contributed by atoms with E-state index in [1.54, 1.807) is 61.7 Å². The van der Waals surface area contributed by atoms with Crippen LogP contribution in [0.2, 0.25) is 0 Å². The van der Waals surface area contributed by atoms with E-state index in [0.717, 1.165) is 12.1 Å². The molecule has 2 atom stereocenters. The van der Waals surface area contributed by atoms with Crippen LogP contribution < -0.4 is 26.4 Å². The molecule has 42 heavy (non-hydrogen) atoms. The van der Waals surface area contributed by atoms with E-state index in [0.29, 0.717) is 33.2 Å². The largest absolute Gasteiger partial charge is 0.416 e. The molecule has 0 aliphatic rings. The number of alkyl halides is 3. The summed E-state index contributed by atoms with van der Waals surface area (Å²) in [7, 11) is -2.91. The summed E-state index contributed by atoms with van der Waals surface area (Å²) in [6.45, 7) is 1.61. The van der Waals surface area contributed by atoms with E-state index in [9.17, 15) is 27.3 Å². The Hall–Kier alpha value is -4.66. The summed E-state index contributed by atoms with van der Waals surface area (Å²) in [5, 5.41) is 26.4. The van der Waals surface area contributed by atoms with Gasteiger partial charge in [0.15, 0.2) is 0 Å². The lowest BCUT2D eigenvalue weighted by molar-refractivity contribution is -0.137. The maximum Gasteiger partial charge on any atom is 0.416 e. The molecule has 0 aliphatic heterocycles. The third-order valence-electron chi connectivity index (χ3n) is 5.84. The molecule has 14 heteroatoms. The maximum absolute atomic E-state index is 12.9. The highest BCUT2D eigenvalue weighted by atomic mass is 32.2. The lowest BCUT2D eigenvalue weighted by atomic mass is 10.1. The summed E-state index contributed by atoms with van der Waals surface area (Å²) < 4.78 is 51.0. The van der Waals surface area contributed by atoms with Gasteiger partial charge in [0, 0.05) is 39.8 Å². The van der Waals surface area contributed by atoms with E-state index in [1.807, 2.05) is 0 Å². The first-order valence-corrected chi connectivity index (χ1v) is 14.2. The van der Waals surface area contributed by atoms with Crippen molar-refractivity contribution in [1.29, 1.82) is 0 Å². The van der Waals surface area contributed by atoms with Crippen molar-refractivity contribution in [3.05, 3.63) is 84.6 Å². The Balaban J connectivity index is 1.52. The smallest absolute Gasteiger partial charge is 0.394 e. The van der Waals surface area contributed by atoms with Crippen LogP contribution in [-0.4, -0.2) is 43.8 Å². The number of benzene rings is 3. The first-order chi connectivity index (χ1) is 19.8. The van der Waals surface area contributed by atoms with Crippen molar-refractivity contribution in [2.24, 2.45) is 5.14 Å². The first-order valence-electron chi connectivity index (χ1n) is 12.4. The lowest BCUT2D eigenvalue weighted by Crippen LogP contribution is -2.21. The number of carbonyl (C=O) groups is 1. The van der Waals surface area contributed by atoms with E-state index < -0.39 is 27.5 Å². The Bertz CT molecular complexity index is 1680. The van der Waals surface area contributed by atoms with Gasteiger partial charge in [-0.15, -0.1) is 0 Å². The molecule has 10 nitrogen and oxygen atoms in total. The molecule has 1 heterocycles. The van der Waals surface area contributed by atoms with Crippen LogP contribution in [0.4, 0.5) is 46.8 Å². The Labute approximate surface area is 240 Å². The van der Waals surface area contributed by atoms with Gasteiger partial charge in [-0.25, -0.2) is 14.0 Å². The molecule has 1 unspecified atom stereocenters. The zero-order valence-electron chi connectivity index (χ0n) is 22.3. The zero-order chi connectivity index (χ0) is 30.5. The molecular weight excluding hydrogens is 571 g/mol. The fraction of sp³-hybridized carbons (Fsp3) is 0.143. The third-order valence-corrected chi connectivity index (χ3v) is 6.89. The fourth-order valence-corrected chi connectivity index (χ4v) is 4.40. The van der Waals surface area contributed by atoms with Gasteiger partial charge in [-0.1, -0.05) is 24.3 Å². The minimum Gasteiger partial charge on any atom is -0.394 e. The number of carbonyl (C=O) groups excluding carboxylic acids is 1. The van der Waals surface area contributed by atoms with Gasteiger partial charge in [-0.2, -0.15) is 18.2 Å². The van der Waals surface area contributed by atoms with Crippen molar-refractivity contribution in [2.75, 3.05) is 27.9 Å². The quantitative estimate of drug-likeness (QED) is 0.143. The summed E-state index contributed by atoms with van der Waals surface area (Å²) in [4.78, 5) is 21.7. The topological polar surface area (TPSA) is 154 Å². The molecule has 4 rings (SSSR count). The lowest BCUT2D eigenvalue weighted by Gasteiger charge is -2.17. The minimum absolute atomic E-state index is 0.00627. The van der Waals surface area contributed by atoms with Crippen molar-refractivity contribution >= 4 is 50.4 Å². The van der Waals surface area contributed by atoms with Crippen LogP contribution in [0.15, 0.2) is 83.9 Å². The van der Waals surface area contributed by atoms with E-state index in [4.69, 9.17) is 5.14 Å². The van der Waals surface area contributed by atoms with E-state index in [-0.39, 0.29) is 24.3 Å². The monoisotopic (exact) mass is 599 g/mol. The maximum atomic E-state index is 12.9. The van der Waals surface area contributed by atoms with E-state index in [2.05, 4.69) is 37.1 Å². The number of aromatic nitrogens is 2. The molecule has 3 aromatic carbocycles. The van der Waals surface area contributed by atoms with Gasteiger partial charge < -0.3 is 26.4 Å². The van der Waals surface area contributed by atoms with Crippen LogP contribution in [0.5, 0.6) is 0 Å². The number of hydrogen-bond donors (Lipinski definition) is 6. The van der Waals surface area contributed by atoms with Crippen molar-refractivity contribution < 1.29 is 27.3 Å². The summed E-state index contributed by atoms with van der Waals surface area (Å²) in [6, 6.07) is 16.5. The summed E-state index contributed by atoms with van der Waals surface area (Å²) in [5.41, 5.74) is 1.33. The molecule has 2 amide bonds. The SMILES string of the molecule is C=S(N)(=O)c1cccc(Nc2ncc(-c3ccc(NC(=O)Nc4cccc(C(F)(F)F)c4)cc3)c(N[C@H](C)CO)n2)c1. The van der Waals surface area contributed by atoms with Crippen LogP contribution in [0.1, 0.15) is 12.5 Å². The molecule has 7 N–H and O–H groups in total. The second-order valence-corrected chi connectivity index (χ2v) is 11.2. The Kier molecular flexibility index (Phi) is 8.99. The Morgan fingerprint density at radius 1 is 1.02 bits per heavy atom. The molecule has 0 aliphatic carbocycles. The molecule has 4 aromatic rings. The highest BCUT2D eigenvalue weighted by Gasteiger charge is 2.30. The van der Waals surface area contributed by atoms with Crippen molar-refractivity contribution in [3.8, 4) is 11.1 Å². The van der Waals surface area contributed by atoms with Crippen LogP contribution in [-0.2, 0) is 15.9 Å². The van der Waals surface area contributed by atoms with Crippen LogP contribution in [0.25, 0.3) is 11.1 Å². The fourth-order valence-electron chi connectivity index (χ4n) is 3.76. The van der Waals surface area contributed by atoms with Gasteiger partial charge in [0.25, 0.3) is 0 Å². The minimum atomic E-state index is -4.53.